The average molecular weight is 402 g/mol. The monoisotopic (exact) mass is 401 g/mol. The number of hydrogen-bond donors (Lipinski definition) is 1. The summed E-state index contributed by atoms with van der Waals surface area (Å²) in [5, 5.41) is 3.68. The van der Waals surface area contributed by atoms with Crippen LogP contribution < -0.4 is 16.6 Å². The van der Waals surface area contributed by atoms with Crippen molar-refractivity contribution in [3.05, 3.63) is 74.4 Å². The molecule has 0 atom stereocenters. The summed E-state index contributed by atoms with van der Waals surface area (Å²) >= 11 is 5.85. The fraction of sp³-hybridized carbons (Fsp3) is 0.250. The van der Waals surface area contributed by atoms with E-state index in [1.807, 2.05) is 0 Å². The van der Waals surface area contributed by atoms with Crippen LogP contribution in [0.2, 0.25) is 5.02 Å². The maximum atomic E-state index is 12.9. The SMILES string of the molecule is COCCCn1c(=O)c2ccccc2n(CC(=O)Nc2ccc(Cl)cc2)c1=O. The summed E-state index contributed by atoms with van der Waals surface area (Å²) in [5.41, 5.74) is 0.101. The Kier molecular flexibility index (Phi) is 6.28. The number of fused-ring (bicyclic) bond motifs is 1. The molecule has 3 rings (SSSR count). The van der Waals surface area contributed by atoms with E-state index in [4.69, 9.17) is 16.3 Å². The Bertz CT molecular complexity index is 1100. The molecule has 1 N–H and O–H groups in total. The van der Waals surface area contributed by atoms with Crippen molar-refractivity contribution in [2.75, 3.05) is 19.0 Å². The van der Waals surface area contributed by atoms with Crippen molar-refractivity contribution >= 4 is 34.1 Å². The van der Waals surface area contributed by atoms with Crippen molar-refractivity contribution in [3.63, 3.8) is 0 Å². The number of rotatable bonds is 7. The fourth-order valence-corrected chi connectivity index (χ4v) is 3.09. The molecule has 0 fully saturated rings. The third-order valence-corrected chi connectivity index (χ3v) is 4.54. The molecular formula is C20H20ClN3O4. The highest BCUT2D eigenvalue weighted by Crippen LogP contribution is 2.14. The van der Waals surface area contributed by atoms with E-state index in [1.54, 1.807) is 55.6 Å². The number of aromatic nitrogens is 2. The van der Waals surface area contributed by atoms with Crippen molar-refractivity contribution in [1.29, 1.82) is 0 Å². The second-order valence-corrected chi connectivity index (χ2v) is 6.68. The van der Waals surface area contributed by atoms with Crippen molar-refractivity contribution in [2.24, 2.45) is 0 Å². The van der Waals surface area contributed by atoms with E-state index >= 15 is 0 Å². The van der Waals surface area contributed by atoms with Gasteiger partial charge in [0.25, 0.3) is 5.56 Å². The van der Waals surface area contributed by atoms with Crippen molar-refractivity contribution in [3.8, 4) is 0 Å². The predicted octanol–water partition coefficient (Wildman–Crippen LogP) is 2.49. The summed E-state index contributed by atoms with van der Waals surface area (Å²) in [6.07, 6.45) is 0.515. The van der Waals surface area contributed by atoms with Gasteiger partial charge in [-0.1, -0.05) is 23.7 Å². The smallest absolute Gasteiger partial charge is 0.331 e. The summed E-state index contributed by atoms with van der Waals surface area (Å²) in [4.78, 5) is 38.1. The quantitative estimate of drug-likeness (QED) is 0.616. The molecule has 1 aromatic heterocycles. The molecule has 146 valence electrons. The molecule has 0 aliphatic rings. The molecule has 1 amide bonds. The summed E-state index contributed by atoms with van der Waals surface area (Å²) in [6, 6.07) is 13.4. The second-order valence-electron chi connectivity index (χ2n) is 6.24. The summed E-state index contributed by atoms with van der Waals surface area (Å²) in [6.45, 7) is 0.428. The molecule has 2 aromatic carbocycles. The number of carbonyl (C=O) groups is 1. The van der Waals surface area contributed by atoms with Crippen LogP contribution in [0, 0.1) is 0 Å². The lowest BCUT2D eigenvalue weighted by Gasteiger charge is -2.14. The Morgan fingerprint density at radius 2 is 1.79 bits per heavy atom. The summed E-state index contributed by atoms with van der Waals surface area (Å²) in [7, 11) is 1.56. The van der Waals surface area contributed by atoms with Crippen LogP contribution in [-0.2, 0) is 22.6 Å². The number of amides is 1. The number of ether oxygens (including phenoxy) is 1. The standard InChI is InChI=1S/C20H20ClN3O4/c1-28-12-4-11-23-19(26)16-5-2-3-6-17(16)24(20(23)27)13-18(25)22-15-9-7-14(21)8-10-15/h2-3,5-10H,4,11-13H2,1H3,(H,22,25). The van der Waals surface area contributed by atoms with Gasteiger partial charge < -0.3 is 10.1 Å². The number of nitrogens with one attached hydrogen (secondary N) is 1. The first-order chi connectivity index (χ1) is 13.5. The zero-order valence-electron chi connectivity index (χ0n) is 15.4. The van der Waals surface area contributed by atoms with Gasteiger partial charge in [0.05, 0.1) is 10.9 Å². The molecule has 0 saturated heterocycles. The lowest BCUT2D eigenvalue weighted by atomic mass is 10.2. The largest absolute Gasteiger partial charge is 0.385 e. The van der Waals surface area contributed by atoms with Crippen LogP contribution in [0.4, 0.5) is 5.69 Å². The van der Waals surface area contributed by atoms with E-state index in [0.717, 1.165) is 4.57 Å². The van der Waals surface area contributed by atoms with Gasteiger partial charge in [0.15, 0.2) is 0 Å². The maximum absolute atomic E-state index is 12.9. The molecule has 0 aliphatic heterocycles. The number of hydrogen-bond acceptors (Lipinski definition) is 4. The van der Waals surface area contributed by atoms with Crippen LogP contribution in [-0.4, -0.2) is 28.8 Å². The zero-order chi connectivity index (χ0) is 20.1. The van der Waals surface area contributed by atoms with Gasteiger partial charge in [-0.25, -0.2) is 4.79 Å². The number of nitrogens with zero attached hydrogens (tertiary/aromatic N) is 2. The number of para-hydroxylation sites is 1. The minimum atomic E-state index is -0.522. The molecule has 1 heterocycles. The van der Waals surface area contributed by atoms with Crippen molar-refractivity contribution in [2.45, 2.75) is 19.5 Å². The fourth-order valence-electron chi connectivity index (χ4n) is 2.97. The summed E-state index contributed by atoms with van der Waals surface area (Å²) in [5.74, 6) is -0.378. The number of halogens is 1. The minimum Gasteiger partial charge on any atom is -0.385 e. The lowest BCUT2D eigenvalue weighted by Crippen LogP contribution is -2.42. The van der Waals surface area contributed by atoms with E-state index in [-0.39, 0.29) is 24.6 Å². The molecule has 0 aliphatic carbocycles. The molecule has 0 spiro atoms. The van der Waals surface area contributed by atoms with E-state index in [9.17, 15) is 14.4 Å². The first-order valence-electron chi connectivity index (χ1n) is 8.78. The molecular weight excluding hydrogens is 382 g/mol. The van der Waals surface area contributed by atoms with Gasteiger partial charge in [-0.05, 0) is 42.8 Å². The highest BCUT2D eigenvalue weighted by molar-refractivity contribution is 6.30. The highest BCUT2D eigenvalue weighted by atomic mass is 35.5. The number of anilines is 1. The molecule has 0 radical (unpaired) electrons. The lowest BCUT2D eigenvalue weighted by molar-refractivity contribution is -0.116. The maximum Gasteiger partial charge on any atom is 0.331 e. The van der Waals surface area contributed by atoms with Gasteiger partial charge in [0.1, 0.15) is 6.54 Å². The van der Waals surface area contributed by atoms with Crippen molar-refractivity contribution < 1.29 is 9.53 Å². The van der Waals surface area contributed by atoms with Crippen LogP contribution in [0.1, 0.15) is 6.42 Å². The molecule has 0 saturated carbocycles. The Morgan fingerprint density at radius 1 is 1.07 bits per heavy atom. The van der Waals surface area contributed by atoms with E-state index in [2.05, 4.69) is 5.32 Å². The Balaban J connectivity index is 1.96. The van der Waals surface area contributed by atoms with Crippen LogP contribution in [0.25, 0.3) is 10.9 Å². The third kappa shape index (κ3) is 4.32. The number of benzene rings is 2. The molecule has 8 heteroatoms. The van der Waals surface area contributed by atoms with Gasteiger partial charge in [-0.3, -0.25) is 18.7 Å². The Morgan fingerprint density at radius 3 is 2.50 bits per heavy atom. The van der Waals surface area contributed by atoms with E-state index < -0.39 is 5.69 Å². The van der Waals surface area contributed by atoms with Gasteiger partial charge in [-0.2, -0.15) is 0 Å². The third-order valence-electron chi connectivity index (χ3n) is 4.29. The van der Waals surface area contributed by atoms with Crippen LogP contribution in [0.5, 0.6) is 0 Å². The van der Waals surface area contributed by atoms with Crippen LogP contribution in [0.15, 0.2) is 58.1 Å². The van der Waals surface area contributed by atoms with E-state index in [1.165, 1.54) is 4.57 Å². The molecule has 28 heavy (non-hydrogen) atoms. The van der Waals surface area contributed by atoms with Gasteiger partial charge in [-0.15, -0.1) is 0 Å². The van der Waals surface area contributed by atoms with Crippen LogP contribution in [0.3, 0.4) is 0 Å². The molecule has 7 nitrogen and oxygen atoms in total. The minimum absolute atomic E-state index is 0.216. The first kappa shape index (κ1) is 19.9. The normalized spacial score (nSPS) is 10.9. The zero-order valence-corrected chi connectivity index (χ0v) is 16.1. The Hall–Kier alpha value is -2.90. The number of carbonyl (C=O) groups excluding carboxylic acids is 1. The summed E-state index contributed by atoms with van der Waals surface area (Å²) < 4.78 is 7.47. The Labute approximate surface area is 166 Å². The molecule has 3 aromatic rings. The van der Waals surface area contributed by atoms with Crippen LogP contribution >= 0.6 is 11.6 Å². The second kappa shape index (κ2) is 8.86. The van der Waals surface area contributed by atoms with Gasteiger partial charge in [0, 0.05) is 31.0 Å². The van der Waals surface area contributed by atoms with Crippen molar-refractivity contribution in [1.82, 2.24) is 9.13 Å². The number of methoxy groups -OCH3 is 1. The first-order valence-corrected chi connectivity index (χ1v) is 9.16. The molecule has 0 unspecified atom stereocenters. The van der Waals surface area contributed by atoms with E-state index in [0.29, 0.717) is 34.6 Å². The van der Waals surface area contributed by atoms with Gasteiger partial charge >= 0.3 is 5.69 Å². The highest BCUT2D eigenvalue weighted by Gasteiger charge is 2.15. The topological polar surface area (TPSA) is 82.3 Å². The predicted molar refractivity (Wildman–Crippen MR) is 109 cm³/mol. The average Bonchev–Trinajstić information content (AvgIpc) is 2.69. The molecule has 0 bridgehead atoms. The van der Waals surface area contributed by atoms with Gasteiger partial charge in [0.2, 0.25) is 5.91 Å².